The number of para-hydroxylation sites is 1. The van der Waals surface area contributed by atoms with Crippen molar-refractivity contribution in [3.8, 4) is 22.6 Å². The largest absolute Gasteiger partial charge is 0.497 e. The standard InChI is InChI=1S/C28H24ClN3O4/c1-16(33)32-24(21-13-12-19(35-2)14-25(21)36-3)15-23(31-32)27-26(17-8-10-18(29)11-9-17)20-6-4-5-7-22(20)30-28(27)34/h4-14,24H,15H2,1-3H3,(H,30,34)/t24-/m0/s1. The smallest absolute Gasteiger partial charge is 0.258 e. The first-order valence-electron chi connectivity index (χ1n) is 11.4. The van der Waals surface area contributed by atoms with Gasteiger partial charge in [-0.25, -0.2) is 5.01 Å². The lowest BCUT2D eigenvalue weighted by atomic mass is 9.91. The van der Waals surface area contributed by atoms with E-state index < -0.39 is 6.04 Å². The van der Waals surface area contributed by atoms with Crippen LogP contribution in [0.3, 0.4) is 0 Å². The Morgan fingerprint density at radius 3 is 2.47 bits per heavy atom. The van der Waals surface area contributed by atoms with E-state index >= 15 is 0 Å². The van der Waals surface area contributed by atoms with Gasteiger partial charge in [0.1, 0.15) is 11.5 Å². The van der Waals surface area contributed by atoms with Crippen LogP contribution in [0.15, 0.2) is 76.6 Å². The van der Waals surface area contributed by atoms with Gasteiger partial charge in [-0.05, 0) is 35.9 Å². The number of methoxy groups -OCH3 is 2. The van der Waals surface area contributed by atoms with Gasteiger partial charge in [0, 0.05) is 46.5 Å². The Balaban J connectivity index is 1.70. The monoisotopic (exact) mass is 501 g/mol. The molecule has 7 nitrogen and oxygen atoms in total. The van der Waals surface area contributed by atoms with Gasteiger partial charge in [-0.1, -0.05) is 41.9 Å². The summed E-state index contributed by atoms with van der Waals surface area (Å²) in [5.41, 5.74) is 3.74. The van der Waals surface area contributed by atoms with Crippen LogP contribution >= 0.6 is 11.6 Å². The van der Waals surface area contributed by atoms with Gasteiger partial charge in [0.15, 0.2) is 0 Å². The van der Waals surface area contributed by atoms with Gasteiger partial charge in [-0.2, -0.15) is 5.10 Å². The molecule has 1 atom stereocenters. The summed E-state index contributed by atoms with van der Waals surface area (Å²) in [7, 11) is 3.15. The Morgan fingerprint density at radius 1 is 1.03 bits per heavy atom. The first-order chi connectivity index (χ1) is 17.4. The zero-order chi connectivity index (χ0) is 25.4. The Morgan fingerprint density at radius 2 is 1.78 bits per heavy atom. The third-order valence-electron chi connectivity index (χ3n) is 6.38. The predicted molar refractivity (Wildman–Crippen MR) is 141 cm³/mol. The van der Waals surface area contributed by atoms with Gasteiger partial charge in [0.25, 0.3) is 5.56 Å². The van der Waals surface area contributed by atoms with Gasteiger partial charge in [-0.3, -0.25) is 9.59 Å². The number of aromatic amines is 1. The Bertz CT molecular complexity index is 1560. The second kappa shape index (κ2) is 9.51. The number of hydrogen-bond acceptors (Lipinski definition) is 5. The summed E-state index contributed by atoms with van der Waals surface area (Å²) in [6.07, 6.45) is 0.338. The Kier molecular flexibility index (Phi) is 6.24. The molecule has 5 rings (SSSR count). The molecule has 0 spiro atoms. The van der Waals surface area contributed by atoms with Crippen molar-refractivity contribution >= 4 is 34.1 Å². The van der Waals surface area contributed by atoms with Crippen molar-refractivity contribution in [1.29, 1.82) is 0 Å². The van der Waals surface area contributed by atoms with E-state index in [2.05, 4.69) is 10.1 Å². The summed E-state index contributed by atoms with van der Waals surface area (Å²) in [5.74, 6) is 0.977. The van der Waals surface area contributed by atoms with Crippen LogP contribution in [0.4, 0.5) is 0 Å². The predicted octanol–water partition coefficient (Wildman–Crippen LogP) is 5.56. The number of hydrazone groups is 1. The van der Waals surface area contributed by atoms with Crippen LogP contribution in [-0.2, 0) is 4.79 Å². The molecule has 1 aliphatic heterocycles. The highest BCUT2D eigenvalue weighted by molar-refractivity contribution is 6.30. The first-order valence-corrected chi connectivity index (χ1v) is 11.8. The van der Waals surface area contributed by atoms with Gasteiger partial charge in [0.05, 0.1) is 31.5 Å². The molecule has 0 radical (unpaired) electrons. The molecule has 0 aliphatic carbocycles. The molecule has 1 aliphatic rings. The van der Waals surface area contributed by atoms with Crippen LogP contribution in [0, 0.1) is 0 Å². The van der Waals surface area contributed by atoms with Crippen molar-refractivity contribution in [2.24, 2.45) is 5.10 Å². The second-order valence-electron chi connectivity index (χ2n) is 8.49. The van der Waals surface area contributed by atoms with Crippen molar-refractivity contribution in [2.45, 2.75) is 19.4 Å². The first kappa shape index (κ1) is 23.6. The maximum absolute atomic E-state index is 13.5. The molecule has 0 saturated heterocycles. The molecular weight excluding hydrogens is 478 g/mol. The van der Waals surface area contributed by atoms with E-state index in [1.807, 2.05) is 48.5 Å². The minimum Gasteiger partial charge on any atom is -0.497 e. The second-order valence-corrected chi connectivity index (χ2v) is 8.93. The lowest BCUT2D eigenvalue weighted by Gasteiger charge is -2.22. The van der Waals surface area contributed by atoms with E-state index in [9.17, 15) is 9.59 Å². The fourth-order valence-electron chi connectivity index (χ4n) is 4.72. The fraction of sp³-hybridized carbons (Fsp3) is 0.179. The molecule has 182 valence electrons. The lowest BCUT2D eigenvalue weighted by Crippen LogP contribution is -2.24. The maximum Gasteiger partial charge on any atom is 0.258 e. The van der Waals surface area contributed by atoms with Gasteiger partial charge >= 0.3 is 0 Å². The van der Waals surface area contributed by atoms with E-state index in [0.29, 0.717) is 39.7 Å². The van der Waals surface area contributed by atoms with Crippen molar-refractivity contribution < 1.29 is 14.3 Å². The summed E-state index contributed by atoms with van der Waals surface area (Å²) in [6.45, 7) is 1.46. The number of amides is 1. The quantitative estimate of drug-likeness (QED) is 0.388. The van der Waals surface area contributed by atoms with Crippen LogP contribution < -0.4 is 15.0 Å². The number of aromatic nitrogens is 1. The minimum atomic E-state index is -0.442. The summed E-state index contributed by atoms with van der Waals surface area (Å²) in [6, 6.07) is 20.0. The van der Waals surface area contributed by atoms with Crippen molar-refractivity contribution in [3.05, 3.63) is 93.2 Å². The Labute approximate surface area is 212 Å². The molecule has 0 saturated carbocycles. The number of H-pyrrole nitrogens is 1. The summed E-state index contributed by atoms with van der Waals surface area (Å²) in [4.78, 5) is 29.2. The SMILES string of the molecule is COc1ccc([C@@H]2CC(c3c(-c4ccc(Cl)cc4)c4ccccc4[nH]c3=O)=NN2C(C)=O)c(OC)c1. The lowest BCUT2D eigenvalue weighted by molar-refractivity contribution is -0.130. The molecule has 2 heterocycles. The van der Waals surface area contributed by atoms with E-state index in [0.717, 1.165) is 22.1 Å². The van der Waals surface area contributed by atoms with Crippen LogP contribution in [0.2, 0.25) is 5.02 Å². The average molecular weight is 502 g/mol. The van der Waals surface area contributed by atoms with E-state index in [1.54, 1.807) is 32.4 Å². The molecule has 0 unspecified atom stereocenters. The van der Waals surface area contributed by atoms with Gasteiger partial charge in [-0.15, -0.1) is 0 Å². The molecule has 1 aromatic heterocycles. The zero-order valence-electron chi connectivity index (χ0n) is 20.0. The maximum atomic E-state index is 13.5. The molecule has 0 fully saturated rings. The van der Waals surface area contributed by atoms with Crippen LogP contribution in [-0.4, -0.2) is 35.8 Å². The zero-order valence-corrected chi connectivity index (χ0v) is 20.8. The number of halogens is 1. The van der Waals surface area contributed by atoms with Crippen LogP contribution in [0.25, 0.3) is 22.0 Å². The van der Waals surface area contributed by atoms with Crippen molar-refractivity contribution in [2.75, 3.05) is 14.2 Å². The number of ether oxygens (including phenoxy) is 2. The number of carbonyl (C=O) groups is 1. The van der Waals surface area contributed by atoms with Crippen molar-refractivity contribution in [1.82, 2.24) is 9.99 Å². The normalized spacial score (nSPS) is 15.2. The van der Waals surface area contributed by atoms with Crippen LogP contribution in [0.5, 0.6) is 11.5 Å². The molecule has 3 aromatic carbocycles. The molecular formula is C28H24ClN3O4. The highest BCUT2D eigenvalue weighted by Crippen LogP contribution is 2.40. The van der Waals surface area contributed by atoms with E-state index in [1.165, 1.54) is 11.9 Å². The van der Waals surface area contributed by atoms with Crippen molar-refractivity contribution in [3.63, 3.8) is 0 Å². The topological polar surface area (TPSA) is 84.0 Å². The fourth-order valence-corrected chi connectivity index (χ4v) is 4.85. The summed E-state index contributed by atoms with van der Waals surface area (Å²) >= 11 is 6.15. The average Bonchev–Trinajstić information content (AvgIpc) is 3.33. The molecule has 1 N–H and O–H groups in total. The van der Waals surface area contributed by atoms with E-state index in [-0.39, 0.29) is 11.5 Å². The number of benzene rings is 3. The van der Waals surface area contributed by atoms with E-state index in [4.69, 9.17) is 21.1 Å². The Hall–Kier alpha value is -4.10. The molecule has 4 aromatic rings. The highest BCUT2D eigenvalue weighted by atomic mass is 35.5. The summed E-state index contributed by atoms with van der Waals surface area (Å²) < 4.78 is 10.9. The highest BCUT2D eigenvalue weighted by Gasteiger charge is 2.35. The summed E-state index contributed by atoms with van der Waals surface area (Å²) in [5, 5.41) is 7.56. The molecule has 0 bridgehead atoms. The van der Waals surface area contributed by atoms with Gasteiger partial charge in [0.2, 0.25) is 5.91 Å². The number of pyridine rings is 1. The number of nitrogens with one attached hydrogen (secondary N) is 1. The minimum absolute atomic E-state index is 0.238. The molecule has 1 amide bonds. The third kappa shape index (κ3) is 4.12. The third-order valence-corrected chi connectivity index (χ3v) is 6.63. The molecule has 36 heavy (non-hydrogen) atoms. The number of rotatable bonds is 5. The number of carbonyl (C=O) groups excluding carboxylic acids is 1. The number of hydrogen-bond donors (Lipinski definition) is 1. The molecule has 8 heteroatoms. The number of nitrogens with zero attached hydrogens (tertiary/aromatic N) is 2. The van der Waals surface area contributed by atoms with Crippen LogP contribution in [0.1, 0.15) is 30.5 Å². The van der Waals surface area contributed by atoms with Gasteiger partial charge < -0.3 is 14.5 Å². The number of fused-ring (bicyclic) bond motifs is 1.